The van der Waals surface area contributed by atoms with E-state index in [2.05, 4.69) is 10.3 Å². The molecule has 2 aromatic carbocycles. The van der Waals surface area contributed by atoms with Crippen molar-refractivity contribution in [2.24, 2.45) is 7.05 Å². The maximum Gasteiger partial charge on any atom is 0.251 e. The van der Waals surface area contributed by atoms with Crippen molar-refractivity contribution >= 4 is 28.5 Å². The fourth-order valence-electron chi connectivity index (χ4n) is 3.49. The molecule has 4 rings (SSSR count). The molecule has 0 spiro atoms. The van der Waals surface area contributed by atoms with Crippen molar-refractivity contribution in [3.8, 4) is 0 Å². The Morgan fingerprint density at radius 2 is 2.00 bits per heavy atom. The predicted octanol–water partition coefficient (Wildman–Crippen LogP) is 2.41. The molecule has 0 atom stereocenters. The number of amides is 2. The van der Waals surface area contributed by atoms with Gasteiger partial charge in [0, 0.05) is 31.8 Å². The van der Waals surface area contributed by atoms with E-state index in [1.165, 1.54) is 0 Å². The van der Waals surface area contributed by atoms with Crippen LogP contribution < -0.4 is 10.2 Å². The van der Waals surface area contributed by atoms with Crippen molar-refractivity contribution in [2.75, 3.05) is 11.4 Å². The van der Waals surface area contributed by atoms with E-state index in [0.717, 1.165) is 34.5 Å². The van der Waals surface area contributed by atoms with Crippen LogP contribution >= 0.6 is 0 Å². The van der Waals surface area contributed by atoms with Crippen molar-refractivity contribution in [2.45, 2.75) is 19.9 Å². The van der Waals surface area contributed by atoms with E-state index in [0.29, 0.717) is 18.7 Å². The van der Waals surface area contributed by atoms with E-state index in [-0.39, 0.29) is 11.8 Å². The third kappa shape index (κ3) is 2.73. The first-order valence-electron chi connectivity index (χ1n) is 8.64. The van der Waals surface area contributed by atoms with Gasteiger partial charge in [0.15, 0.2) is 0 Å². The molecule has 26 heavy (non-hydrogen) atoms. The number of hydrogen-bond donors (Lipinski definition) is 1. The summed E-state index contributed by atoms with van der Waals surface area (Å²) in [6, 6.07) is 13.4. The Morgan fingerprint density at radius 1 is 1.19 bits per heavy atom. The highest BCUT2D eigenvalue weighted by Crippen LogP contribution is 2.28. The molecular weight excluding hydrogens is 328 g/mol. The lowest BCUT2D eigenvalue weighted by Crippen LogP contribution is -2.26. The molecule has 1 aliphatic heterocycles. The molecule has 1 aromatic heterocycles. The standard InChI is InChI=1S/C20H20N4O2/c1-13(25)24-10-9-14-11-15(7-8-17(14)24)20(26)21-12-19-22-16-5-3-4-6-18(16)23(19)2/h3-8,11H,9-10,12H2,1-2H3,(H,21,26). The van der Waals surface area contributed by atoms with Crippen molar-refractivity contribution < 1.29 is 9.59 Å². The molecule has 0 unspecified atom stereocenters. The Labute approximate surface area is 151 Å². The predicted molar refractivity (Wildman–Crippen MR) is 100 cm³/mol. The average molecular weight is 348 g/mol. The molecule has 132 valence electrons. The zero-order valence-electron chi connectivity index (χ0n) is 14.8. The molecule has 2 amide bonds. The number of fused-ring (bicyclic) bond motifs is 2. The molecule has 0 saturated heterocycles. The summed E-state index contributed by atoms with van der Waals surface area (Å²) in [7, 11) is 1.95. The first kappa shape index (κ1) is 16.3. The Hall–Kier alpha value is -3.15. The molecule has 6 nitrogen and oxygen atoms in total. The third-order valence-electron chi connectivity index (χ3n) is 4.90. The van der Waals surface area contributed by atoms with Gasteiger partial charge in [0.05, 0.1) is 17.6 Å². The van der Waals surface area contributed by atoms with Crippen LogP contribution in [0.15, 0.2) is 42.5 Å². The summed E-state index contributed by atoms with van der Waals surface area (Å²) in [5.74, 6) is 0.701. The van der Waals surface area contributed by atoms with Gasteiger partial charge in [0.1, 0.15) is 5.82 Å². The number of nitrogens with zero attached hydrogens (tertiary/aromatic N) is 3. The van der Waals surface area contributed by atoms with Crippen LogP contribution in [0.2, 0.25) is 0 Å². The van der Waals surface area contributed by atoms with E-state index in [9.17, 15) is 9.59 Å². The molecule has 1 aliphatic rings. The minimum atomic E-state index is -0.138. The summed E-state index contributed by atoms with van der Waals surface area (Å²) in [5.41, 5.74) is 4.51. The number of carbonyl (C=O) groups excluding carboxylic acids is 2. The minimum absolute atomic E-state index is 0.0304. The number of aromatic nitrogens is 2. The minimum Gasteiger partial charge on any atom is -0.345 e. The number of benzene rings is 2. The van der Waals surface area contributed by atoms with E-state index < -0.39 is 0 Å². The smallest absolute Gasteiger partial charge is 0.251 e. The van der Waals surface area contributed by atoms with Gasteiger partial charge in [0.2, 0.25) is 5.91 Å². The second-order valence-corrected chi connectivity index (χ2v) is 6.52. The van der Waals surface area contributed by atoms with Gasteiger partial charge in [-0.1, -0.05) is 12.1 Å². The van der Waals surface area contributed by atoms with Crippen LogP contribution in [-0.2, 0) is 24.8 Å². The lowest BCUT2D eigenvalue weighted by molar-refractivity contribution is -0.116. The van der Waals surface area contributed by atoms with Gasteiger partial charge in [-0.25, -0.2) is 4.98 Å². The van der Waals surface area contributed by atoms with Crippen molar-refractivity contribution in [1.82, 2.24) is 14.9 Å². The lowest BCUT2D eigenvalue weighted by atomic mass is 10.1. The summed E-state index contributed by atoms with van der Waals surface area (Å²) < 4.78 is 1.99. The fourth-order valence-corrected chi connectivity index (χ4v) is 3.49. The quantitative estimate of drug-likeness (QED) is 0.790. The molecule has 0 saturated carbocycles. The van der Waals surface area contributed by atoms with Gasteiger partial charge in [-0.2, -0.15) is 0 Å². The van der Waals surface area contributed by atoms with Crippen LogP contribution in [0.5, 0.6) is 0 Å². The number of anilines is 1. The van der Waals surface area contributed by atoms with E-state index >= 15 is 0 Å². The van der Waals surface area contributed by atoms with Gasteiger partial charge in [0.25, 0.3) is 5.91 Å². The van der Waals surface area contributed by atoms with Gasteiger partial charge in [-0.15, -0.1) is 0 Å². The van der Waals surface area contributed by atoms with Crippen molar-refractivity contribution in [1.29, 1.82) is 0 Å². The Bertz CT molecular complexity index is 1020. The number of rotatable bonds is 3. The van der Waals surface area contributed by atoms with Crippen LogP contribution in [-0.4, -0.2) is 27.9 Å². The molecule has 0 radical (unpaired) electrons. The number of nitrogens with one attached hydrogen (secondary N) is 1. The van der Waals surface area contributed by atoms with E-state index in [1.54, 1.807) is 17.9 Å². The monoisotopic (exact) mass is 348 g/mol. The molecule has 0 fully saturated rings. The summed E-state index contributed by atoms with van der Waals surface area (Å²) in [6.45, 7) is 2.60. The van der Waals surface area contributed by atoms with Gasteiger partial charge < -0.3 is 14.8 Å². The Balaban J connectivity index is 1.50. The van der Waals surface area contributed by atoms with Crippen molar-refractivity contribution in [3.05, 3.63) is 59.4 Å². The first-order valence-corrected chi connectivity index (χ1v) is 8.64. The number of aryl methyl sites for hydroxylation is 1. The maximum absolute atomic E-state index is 12.5. The molecule has 6 heteroatoms. The molecule has 0 aliphatic carbocycles. The Morgan fingerprint density at radius 3 is 2.77 bits per heavy atom. The van der Waals surface area contributed by atoms with Gasteiger partial charge in [-0.05, 0) is 42.3 Å². The van der Waals surface area contributed by atoms with Crippen LogP contribution in [0.4, 0.5) is 5.69 Å². The summed E-state index contributed by atoms with van der Waals surface area (Å²) >= 11 is 0. The highest BCUT2D eigenvalue weighted by Gasteiger charge is 2.23. The normalized spacial score (nSPS) is 13.1. The maximum atomic E-state index is 12.5. The second-order valence-electron chi connectivity index (χ2n) is 6.52. The topological polar surface area (TPSA) is 67.2 Å². The first-order chi connectivity index (χ1) is 12.5. The SMILES string of the molecule is CC(=O)N1CCc2cc(C(=O)NCc3nc4ccccc4n3C)ccc21. The summed E-state index contributed by atoms with van der Waals surface area (Å²) in [6.07, 6.45) is 0.779. The van der Waals surface area contributed by atoms with E-state index in [1.807, 2.05) is 48.0 Å². The van der Waals surface area contributed by atoms with Gasteiger partial charge in [-0.3, -0.25) is 9.59 Å². The van der Waals surface area contributed by atoms with Crippen LogP contribution in [0, 0.1) is 0 Å². The van der Waals surface area contributed by atoms with Crippen LogP contribution in [0.3, 0.4) is 0 Å². The van der Waals surface area contributed by atoms with E-state index in [4.69, 9.17) is 0 Å². The van der Waals surface area contributed by atoms with Gasteiger partial charge >= 0.3 is 0 Å². The van der Waals surface area contributed by atoms with Crippen molar-refractivity contribution in [3.63, 3.8) is 0 Å². The highest BCUT2D eigenvalue weighted by atomic mass is 16.2. The fraction of sp³-hybridized carbons (Fsp3) is 0.250. The molecule has 0 bridgehead atoms. The molecular formula is C20H20N4O2. The largest absolute Gasteiger partial charge is 0.345 e. The Kier molecular flexibility index (Phi) is 3.95. The second kappa shape index (κ2) is 6.29. The third-order valence-corrected chi connectivity index (χ3v) is 4.90. The lowest BCUT2D eigenvalue weighted by Gasteiger charge is -2.14. The molecule has 2 heterocycles. The van der Waals surface area contributed by atoms with Crippen LogP contribution in [0.25, 0.3) is 11.0 Å². The average Bonchev–Trinajstić information content (AvgIpc) is 3.21. The zero-order chi connectivity index (χ0) is 18.3. The zero-order valence-corrected chi connectivity index (χ0v) is 14.8. The number of para-hydroxylation sites is 2. The van der Waals surface area contributed by atoms with Crippen LogP contribution in [0.1, 0.15) is 28.7 Å². The number of hydrogen-bond acceptors (Lipinski definition) is 3. The molecule has 1 N–H and O–H groups in total. The summed E-state index contributed by atoms with van der Waals surface area (Å²) in [5, 5.41) is 2.94. The summed E-state index contributed by atoms with van der Waals surface area (Å²) in [4.78, 5) is 30.5. The molecule has 3 aromatic rings. The number of imidazole rings is 1. The number of carbonyl (C=O) groups is 2. The highest BCUT2D eigenvalue weighted by molar-refractivity contribution is 5.97.